The highest BCUT2D eigenvalue weighted by Gasteiger charge is 2.31. The van der Waals surface area contributed by atoms with Gasteiger partial charge in [0.2, 0.25) is 11.8 Å². The number of rotatable bonds is 1. The molecule has 0 aliphatic carbocycles. The van der Waals surface area contributed by atoms with E-state index in [4.69, 9.17) is 5.11 Å². The van der Waals surface area contributed by atoms with E-state index in [9.17, 15) is 9.59 Å². The highest BCUT2D eigenvalue weighted by atomic mass is 16.4. The Labute approximate surface area is 79.1 Å². The molecule has 0 amide bonds. The fourth-order valence-corrected chi connectivity index (χ4v) is 1.25. The monoisotopic (exact) mass is 190 g/mol. The summed E-state index contributed by atoms with van der Waals surface area (Å²) in [5, 5.41) is 15.8. The maximum Gasteiger partial charge on any atom is 0.338 e. The summed E-state index contributed by atoms with van der Waals surface area (Å²) in [6.07, 6.45) is 0. The third-order valence-electron chi connectivity index (χ3n) is 1.93. The largest absolute Gasteiger partial charge is 0.479 e. The van der Waals surface area contributed by atoms with Gasteiger partial charge in [-0.2, -0.15) is 10.2 Å². The van der Waals surface area contributed by atoms with Gasteiger partial charge in [0.25, 0.3) is 0 Å². The number of Topliss-reactive ketones (excluding diaryl/α,β-unsaturated/α-hetero) is 1. The van der Waals surface area contributed by atoms with Crippen LogP contribution in [0.1, 0.15) is 10.4 Å². The van der Waals surface area contributed by atoms with Crippen LogP contribution in [0.25, 0.3) is 0 Å². The molecule has 1 aliphatic rings. The molecule has 2 rings (SSSR count). The first kappa shape index (κ1) is 8.55. The molecule has 1 heterocycles. The highest BCUT2D eigenvalue weighted by molar-refractivity contribution is 6.14. The molecule has 0 radical (unpaired) electrons. The Bertz CT molecular complexity index is 439. The van der Waals surface area contributed by atoms with Crippen LogP contribution < -0.4 is 0 Å². The van der Waals surface area contributed by atoms with Gasteiger partial charge in [-0.05, 0) is 12.1 Å². The van der Waals surface area contributed by atoms with Crippen LogP contribution in [0.2, 0.25) is 0 Å². The van der Waals surface area contributed by atoms with Gasteiger partial charge in [0.05, 0.1) is 5.69 Å². The SMILES string of the molecule is O=C(O)C1N=Nc2ccccc2C1=O. The van der Waals surface area contributed by atoms with E-state index in [-0.39, 0.29) is 0 Å². The summed E-state index contributed by atoms with van der Waals surface area (Å²) in [6.45, 7) is 0. The lowest BCUT2D eigenvalue weighted by atomic mass is 10.0. The summed E-state index contributed by atoms with van der Waals surface area (Å²) in [6, 6.07) is 5.16. The average molecular weight is 190 g/mol. The molecule has 5 heteroatoms. The van der Waals surface area contributed by atoms with Crippen LogP contribution in [0.3, 0.4) is 0 Å². The topological polar surface area (TPSA) is 79.1 Å². The Hall–Kier alpha value is -2.04. The van der Waals surface area contributed by atoms with Crippen molar-refractivity contribution in [3.63, 3.8) is 0 Å². The lowest BCUT2D eigenvalue weighted by molar-refractivity contribution is -0.137. The van der Waals surface area contributed by atoms with Crippen molar-refractivity contribution in [2.75, 3.05) is 0 Å². The third kappa shape index (κ3) is 1.19. The van der Waals surface area contributed by atoms with E-state index < -0.39 is 17.8 Å². The van der Waals surface area contributed by atoms with Gasteiger partial charge in [0, 0.05) is 5.56 Å². The number of ketones is 1. The molecule has 1 atom stereocenters. The van der Waals surface area contributed by atoms with E-state index in [2.05, 4.69) is 10.2 Å². The molecule has 0 spiro atoms. The zero-order valence-electron chi connectivity index (χ0n) is 7.04. The van der Waals surface area contributed by atoms with E-state index >= 15 is 0 Å². The van der Waals surface area contributed by atoms with Crippen molar-refractivity contribution in [3.8, 4) is 0 Å². The second kappa shape index (κ2) is 3.02. The van der Waals surface area contributed by atoms with Crippen molar-refractivity contribution >= 4 is 17.4 Å². The molecule has 0 saturated carbocycles. The minimum absolute atomic E-state index is 0.315. The number of carboxylic acids is 1. The molecule has 1 unspecified atom stereocenters. The zero-order valence-corrected chi connectivity index (χ0v) is 7.04. The van der Waals surface area contributed by atoms with Gasteiger partial charge in [0.1, 0.15) is 0 Å². The Morgan fingerprint density at radius 1 is 1.36 bits per heavy atom. The molecule has 0 bridgehead atoms. The second-order valence-electron chi connectivity index (χ2n) is 2.84. The van der Waals surface area contributed by atoms with Gasteiger partial charge in [-0.15, -0.1) is 0 Å². The molecule has 14 heavy (non-hydrogen) atoms. The zero-order chi connectivity index (χ0) is 10.1. The smallest absolute Gasteiger partial charge is 0.338 e. The predicted octanol–water partition coefficient (Wildman–Crippen LogP) is 1.42. The van der Waals surface area contributed by atoms with Gasteiger partial charge >= 0.3 is 5.97 Å². The normalized spacial score (nSPS) is 19.1. The molecular formula is C9H6N2O3. The van der Waals surface area contributed by atoms with Crippen LogP contribution in [0.5, 0.6) is 0 Å². The van der Waals surface area contributed by atoms with Gasteiger partial charge in [-0.1, -0.05) is 12.1 Å². The summed E-state index contributed by atoms with van der Waals surface area (Å²) in [5.74, 6) is -1.78. The standard InChI is InChI=1S/C9H6N2O3/c12-8-5-3-1-2-4-6(5)10-11-7(8)9(13)14/h1-4,7H,(H,13,14). The fraction of sp³-hybridized carbons (Fsp3) is 0.111. The van der Waals surface area contributed by atoms with Gasteiger partial charge < -0.3 is 5.11 Å². The fourth-order valence-electron chi connectivity index (χ4n) is 1.25. The average Bonchev–Trinajstić information content (AvgIpc) is 2.18. The first-order valence-electron chi connectivity index (χ1n) is 3.97. The van der Waals surface area contributed by atoms with Gasteiger partial charge in [-0.25, -0.2) is 4.79 Å². The Morgan fingerprint density at radius 2 is 2.07 bits per heavy atom. The molecule has 0 aromatic heterocycles. The molecule has 70 valence electrons. The lowest BCUT2D eigenvalue weighted by Crippen LogP contribution is -2.29. The molecule has 1 aliphatic heterocycles. The van der Waals surface area contributed by atoms with Crippen LogP contribution in [0.15, 0.2) is 34.5 Å². The molecule has 1 N–H and O–H groups in total. The molecule has 0 saturated heterocycles. The summed E-state index contributed by atoms with van der Waals surface area (Å²) >= 11 is 0. The quantitative estimate of drug-likeness (QED) is 0.680. The maximum absolute atomic E-state index is 11.5. The van der Waals surface area contributed by atoms with E-state index in [1.54, 1.807) is 24.3 Å². The number of carbonyl (C=O) groups excluding carboxylic acids is 1. The number of azo groups is 1. The van der Waals surface area contributed by atoms with E-state index in [1.807, 2.05) is 0 Å². The van der Waals surface area contributed by atoms with Crippen molar-refractivity contribution in [1.82, 2.24) is 0 Å². The lowest BCUT2D eigenvalue weighted by Gasteiger charge is -2.11. The Balaban J connectivity index is 2.50. The van der Waals surface area contributed by atoms with Gasteiger partial charge in [-0.3, -0.25) is 4.79 Å². The summed E-state index contributed by atoms with van der Waals surface area (Å²) in [4.78, 5) is 22.1. The van der Waals surface area contributed by atoms with Crippen LogP contribution in [-0.4, -0.2) is 22.9 Å². The summed E-state index contributed by atoms with van der Waals surface area (Å²) < 4.78 is 0. The third-order valence-corrected chi connectivity index (χ3v) is 1.93. The predicted molar refractivity (Wildman–Crippen MR) is 46.7 cm³/mol. The number of hydrogen-bond acceptors (Lipinski definition) is 4. The van der Waals surface area contributed by atoms with Crippen molar-refractivity contribution in [2.24, 2.45) is 10.2 Å². The first-order chi connectivity index (χ1) is 6.70. The molecule has 0 fully saturated rings. The second-order valence-corrected chi connectivity index (χ2v) is 2.84. The van der Waals surface area contributed by atoms with Crippen LogP contribution >= 0.6 is 0 Å². The number of carbonyl (C=O) groups is 2. The molecule has 1 aromatic carbocycles. The van der Waals surface area contributed by atoms with E-state index in [1.165, 1.54) is 0 Å². The summed E-state index contributed by atoms with van der Waals surface area (Å²) in [5.41, 5.74) is 0.741. The van der Waals surface area contributed by atoms with E-state index in [0.29, 0.717) is 11.3 Å². The minimum atomic E-state index is -1.38. The number of nitrogens with zero attached hydrogens (tertiary/aromatic N) is 2. The molecular weight excluding hydrogens is 184 g/mol. The number of hydrogen-bond donors (Lipinski definition) is 1. The summed E-state index contributed by atoms with van der Waals surface area (Å²) in [7, 11) is 0. The maximum atomic E-state index is 11.5. The van der Waals surface area contributed by atoms with Crippen LogP contribution in [-0.2, 0) is 4.79 Å². The van der Waals surface area contributed by atoms with Gasteiger partial charge in [0.15, 0.2) is 0 Å². The molecule has 1 aromatic rings. The van der Waals surface area contributed by atoms with Crippen molar-refractivity contribution in [3.05, 3.63) is 29.8 Å². The van der Waals surface area contributed by atoms with Crippen LogP contribution in [0.4, 0.5) is 5.69 Å². The van der Waals surface area contributed by atoms with Crippen molar-refractivity contribution < 1.29 is 14.7 Å². The number of benzene rings is 1. The number of fused-ring (bicyclic) bond motifs is 1. The van der Waals surface area contributed by atoms with E-state index in [0.717, 1.165) is 0 Å². The molecule has 5 nitrogen and oxygen atoms in total. The first-order valence-corrected chi connectivity index (χ1v) is 3.97. The highest BCUT2D eigenvalue weighted by Crippen LogP contribution is 2.26. The Kier molecular flexibility index (Phi) is 1.85. The van der Waals surface area contributed by atoms with Crippen molar-refractivity contribution in [2.45, 2.75) is 6.04 Å². The number of aliphatic carboxylic acids is 1. The van der Waals surface area contributed by atoms with Crippen LogP contribution in [0, 0.1) is 0 Å². The van der Waals surface area contributed by atoms with Crippen molar-refractivity contribution in [1.29, 1.82) is 0 Å². The number of carboxylic acid groups (broad SMARTS) is 1. The Morgan fingerprint density at radius 3 is 2.79 bits per heavy atom. The minimum Gasteiger partial charge on any atom is -0.479 e.